The van der Waals surface area contributed by atoms with Crippen molar-refractivity contribution in [2.45, 2.75) is 38.7 Å². The van der Waals surface area contributed by atoms with Gasteiger partial charge in [0.25, 0.3) is 0 Å². The largest absolute Gasteiger partial charge is 0.385 e. The molecule has 2 aromatic rings. The third kappa shape index (κ3) is 2.74. The van der Waals surface area contributed by atoms with Crippen molar-refractivity contribution in [2.75, 3.05) is 0 Å². The minimum Gasteiger partial charge on any atom is -0.385 e. The number of hydrogen-bond acceptors (Lipinski definition) is 2. The number of rotatable bonds is 5. The van der Waals surface area contributed by atoms with Gasteiger partial charge in [0.15, 0.2) is 0 Å². The van der Waals surface area contributed by atoms with Gasteiger partial charge in [0.1, 0.15) is 0 Å². The Bertz CT molecular complexity index is 580. The molecule has 0 aliphatic heterocycles. The van der Waals surface area contributed by atoms with Crippen LogP contribution in [0.25, 0.3) is 0 Å². The minimum absolute atomic E-state index is 0.468. The van der Waals surface area contributed by atoms with Crippen LogP contribution in [0.3, 0.4) is 0 Å². The van der Waals surface area contributed by atoms with Gasteiger partial charge < -0.3 is 5.11 Å². The normalized spacial score (nSPS) is 14.2. The molecule has 1 heterocycles. The molecule has 0 aliphatic rings. The maximum absolute atomic E-state index is 11.0. The van der Waals surface area contributed by atoms with E-state index in [1.54, 1.807) is 4.68 Å². The molecule has 108 valence electrons. The monoisotopic (exact) mass is 292 g/mol. The van der Waals surface area contributed by atoms with E-state index in [1.807, 2.05) is 51.2 Å². The maximum Gasteiger partial charge on any atom is 0.0949 e. The first-order valence-electron chi connectivity index (χ1n) is 7.00. The van der Waals surface area contributed by atoms with Gasteiger partial charge >= 0.3 is 0 Å². The summed E-state index contributed by atoms with van der Waals surface area (Å²) in [6.07, 6.45) is 1.89. The fraction of sp³-hybridized carbons (Fsp3) is 0.438. The molecule has 0 saturated carbocycles. The van der Waals surface area contributed by atoms with Crippen molar-refractivity contribution in [1.29, 1.82) is 0 Å². The summed E-state index contributed by atoms with van der Waals surface area (Å²) in [5, 5.41) is 16.1. The van der Waals surface area contributed by atoms with E-state index in [-0.39, 0.29) is 0 Å². The van der Waals surface area contributed by atoms with Crippen molar-refractivity contribution in [3.05, 3.63) is 52.3 Å². The van der Waals surface area contributed by atoms with Gasteiger partial charge in [-0.1, -0.05) is 55.8 Å². The van der Waals surface area contributed by atoms with Crippen molar-refractivity contribution in [1.82, 2.24) is 9.78 Å². The van der Waals surface area contributed by atoms with E-state index >= 15 is 0 Å². The molecule has 0 saturated heterocycles. The number of benzene rings is 1. The van der Waals surface area contributed by atoms with Gasteiger partial charge in [-0.3, -0.25) is 4.68 Å². The van der Waals surface area contributed by atoms with Crippen LogP contribution in [0.5, 0.6) is 0 Å². The Balaban J connectivity index is 2.38. The van der Waals surface area contributed by atoms with Gasteiger partial charge in [-0.2, -0.15) is 5.10 Å². The van der Waals surface area contributed by atoms with Crippen LogP contribution >= 0.6 is 11.6 Å². The highest BCUT2D eigenvalue weighted by Crippen LogP contribution is 2.32. The Morgan fingerprint density at radius 2 is 1.90 bits per heavy atom. The van der Waals surface area contributed by atoms with Gasteiger partial charge in [0.05, 0.1) is 22.0 Å². The highest BCUT2D eigenvalue weighted by atomic mass is 35.5. The zero-order chi connectivity index (χ0) is 14.8. The second-order valence-electron chi connectivity index (χ2n) is 5.11. The van der Waals surface area contributed by atoms with E-state index in [9.17, 15) is 5.11 Å². The molecule has 2 rings (SSSR count). The third-order valence-corrected chi connectivity index (χ3v) is 4.30. The predicted molar refractivity (Wildman–Crippen MR) is 81.9 cm³/mol. The van der Waals surface area contributed by atoms with Crippen molar-refractivity contribution >= 4 is 11.6 Å². The second kappa shape index (κ2) is 5.98. The van der Waals surface area contributed by atoms with Gasteiger partial charge in [0, 0.05) is 13.5 Å². The molecule has 1 N–H and O–H groups in total. The molecule has 3 nitrogen and oxygen atoms in total. The summed E-state index contributed by atoms with van der Waals surface area (Å²) in [5.41, 5.74) is 1.77. The average molecular weight is 293 g/mol. The Hall–Kier alpha value is -1.32. The number of hydrogen-bond donors (Lipinski definition) is 1. The highest BCUT2D eigenvalue weighted by Gasteiger charge is 2.30. The molecule has 0 bridgehead atoms. The van der Waals surface area contributed by atoms with Gasteiger partial charge in [0.2, 0.25) is 0 Å². The number of aromatic nitrogens is 2. The number of aryl methyl sites for hydroxylation is 2. The second-order valence-corrected chi connectivity index (χ2v) is 5.49. The first-order chi connectivity index (χ1) is 9.51. The molecule has 1 atom stereocenters. The van der Waals surface area contributed by atoms with Crippen LogP contribution in [0.1, 0.15) is 37.2 Å². The lowest BCUT2D eigenvalue weighted by molar-refractivity contribution is 0.0309. The van der Waals surface area contributed by atoms with Gasteiger partial charge in [-0.15, -0.1) is 0 Å². The first kappa shape index (κ1) is 15.1. The van der Waals surface area contributed by atoms with Crippen molar-refractivity contribution in [2.24, 2.45) is 7.05 Å². The molecule has 1 aromatic heterocycles. The van der Waals surface area contributed by atoms with E-state index in [1.165, 1.54) is 0 Å². The molecule has 0 amide bonds. The molecule has 1 aromatic carbocycles. The molecule has 0 fully saturated rings. The summed E-state index contributed by atoms with van der Waals surface area (Å²) in [5.74, 6) is 0. The van der Waals surface area contributed by atoms with Crippen LogP contribution in [0.4, 0.5) is 0 Å². The summed E-state index contributed by atoms with van der Waals surface area (Å²) in [7, 11) is 1.88. The molecule has 1 unspecified atom stereocenters. The Morgan fingerprint density at radius 1 is 1.25 bits per heavy atom. The summed E-state index contributed by atoms with van der Waals surface area (Å²) >= 11 is 6.39. The lowest BCUT2D eigenvalue weighted by Gasteiger charge is -2.27. The quantitative estimate of drug-likeness (QED) is 0.916. The standard InChI is InChI=1S/C16H21ClN2O/c1-4-13-15(17)14(19(3)18-13)11-16(20,5-2)12-9-7-6-8-10-12/h6-10,20H,4-5,11H2,1-3H3. The Morgan fingerprint density at radius 3 is 2.40 bits per heavy atom. The van der Waals surface area contributed by atoms with Crippen LogP contribution in [0, 0.1) is 0 Å². The van der Waals surface area contributed by atoms with Crippen LogP contribution < -0.4 is 0 Å². The lowest BCUT2D eigenvalue weighted by Crippen LogP contribution is -2.28. The smallest absolute Gasteiger partial charge is 0.0949 e. The van der Waals surface area contributed by atoms with E-state index < -0.39 is 5.60 Å². The fourth-order valence-corrected chi connectivity index (χ4v) is 2.83. The molecule has 0 spiro atoms. The summed E-state index contributed by atoms with van der Waals surface area (Å²) in [4.78, 5) is 0. The number of nitrogens with zero attached hydrogens (tertiary/aromatic N) is 2. The van der Waals surface area contributed by atoms with E-state index in [0.29, 0.717) is 17.9 Å². The average Bonchev–Trinajstić information content (AvgIpc) is 2.75. The van der Waals surface area contributed by atoms with Crippen LogP contribution in [0.15, 0.2) is 30.3 Å². The Labute approximate surface area is 125 Å². The molecular weight excluding hydrogens is 272 g/mol. The van der Waals surface area contributed by atoms with Crippen LogP contribution in [-0.2, 0) is 25.5 Å². The summed E-state index contributed by atoms with van der Waals surface area (Å²) < 4.78 is 1.78. The van der Waals surface area contributed by atoms with Crippen LogP contribution in [0.2, 0.25) is 5.02 Å². The van der Waals surface area contributed by atoms with Crippen LogP contribution in [-0.4, -0.2) is 14.9 Å². The lowest BCUT2D eigenvalue weighted by atomic mass is 9.86. The molecule has 20 heavy (non-hydrogen) atoms. The third-order valence-electron chi connectivity index (χ3n) is 3.86. The fourth-order valence-electron chi connectivity index (χ4n) is 2.47. The highest BCUT2D eigenvalue weighted by molar-refractivity contribution is 6.31. The molecule has 0 radical (unpaired) electrons. The number of halogens is 1. The van der Waals surface area contributed by atoms with E-state index in [0.717, 1.165) is 23.4 Å². The maximum atomic E-state index is 11.0. The molecule has 0 aliphatic carbocycles. The van der Waals surface area contributed by atoms with E-state index in [4.69, 9.17) is 11.6 Å². The molecule has 4 heteroatoms. The van der Waals surface area contributed by atoms with E-state index in [2.05, 4.69) is 5.10 Å². The summed E-state index contributed by atoms with van der Waals surface area (Å²) in [6, 6.07) is 9.74. The minimum atomic E-state index is -0.913. The van der Waals surface area contributed by atoms with Gasteiger partial charge in [-0.05, 0) is 18.4 Å². The topological polar surface area (TPSA) is 38.0 Å². The number of aliphatic hydroxyl groups is 1. The van der Waals surface area contributed by atoms with Crippen molar-refractivity contribution < 1.29 is 5.11 Å². The SMILES string of the molecule is CCc1nn(C)c(CC(O)(CC)c2ccccc2)c1Cl. The summed E-state index contributed by atoms with van der Waals surface area (Å²) in [6.45, 7) is 4.01. The van der Waals surface area contributed by atoms with Crippen molar-refractivity contribution in [3.63, 3.8) is 0 Å². The predicted octanol–water partition coefficient (Wildman–Crippen LogP) is 3.48. The van der Waals surface area contributed by atoms with Gasteiger partial charge in [-0.25, -0.2) is 0 Å². The zero-order valence-electron chi connectivity index (χ0n) is 12.2. The Kier molecular flexibility index (Phi) is 4.51. The molecular formula is C16H21ClN2O. The first-order valence-corrected chi connectivity index (χ1v) is 7.37. The van der Waals surface area contributed by atoms with Crippen molar-refractivity contribution in [3.8, 4) is 0 Å². The zero-order valence-corrected chi connectivity index (χ0v) is 13.0.